The monoisotopic (exact) mass is 284 g/mol. The molecule has 1 aromatic heterocycles. The van der Waals surface area contributed by atoms with Gasteiger partial charge in [0.05, 0.1) is 17.9 Å². The molecule has 0 saturated heterocycles. The average molecular weight is 284 g/mol. The van der Waals surface area contributed by atoms with Crippen LogP contribution in [0.3, 0.4) is 0 Å². The van der Waals surface area contributed by atoms with Crippen molar-refractivity contribution < 1.29 is 4.79 Å². The summed E-state index contributed by atoms with van der Waals surface area (Å²) in [6.07, 6.45) is 1.49. The Morgan fingerprint density at radius 1 is 1.19 bits per heavy atom. The molecule has 1 heterocycles. The minimum absolute atomic E-state index is 0.115. The maximum Gasteiger partial charge on any atom is 0.272 e. The first-order valence-electron chi connectivity index (χ1n) is 6.97. The molecule has 1 atom stereocenters. The van der Waals surface area contributed by atoms with E-state index in [-0.39, 0.29) is 29.2 Å². The fraction of sp³-hybridized carbons (Fsp3) is 0.312. The first kappa shape index (κ1) is 15.0. The molecule has 0 aliphatic rings. The van der Waals surface area contributed by atoms with Crippen LogP contribution < -0.4 is 11.1 Å². The van der Waals surface area contributed by atoms with Gasteiger partial charge in [-0.2, -0.15) is 0 Å². The Labute approximate surface area is 124 Å². The number of nitrogens with zero attached hydrogens (tertiary/aromatic N) is 2. The Kier molecular flexibility index (Phi) is 4.52. The summed E-state index contributed by atoms with van der Waals surface area (Å²) < 4.78 is 0. The maximum absolute atomic E-state index is 12.3. The summed E-state index contributed by atoms with van der Waals surface area (Å²) in [6, 6.07) is 9.63. The molecule has 0 aliphatic carbocycles. The van der Waals surface area contributed by atoms with Crippen LogP contribution in [0.25, 0.3) is 0 Å². The summed E-state index contributed by atoms with van der Waals surface area (Å²) in [6.45, 7) is 5.87. The summed E-state index contributed by atoms with van der Waals surface area (Å²) in [5, 5.41) is 2.91. The Balaban J connectivity index is 2.19. The van der Waals surface area contributed by atoms with E-state index in [1.54, 1.807) is 0 Å². The van der Waals surface area contributed by atoms with Gasteiger partial charge in [-0.05, 0) is 12.5 Å². The van der Waals surface area contributed by atoms with Crippen molar-refractivity contribution in [1.29, 1.82) is 0 Å². The summed E-state index contributed by atoms with van der Waals surface area (Å²) in [4.78, 5) is 20.8. The Morgan fingerprint density at radius 2 is 1.86 bits per heavy atom. The topological polar surface area (TPSA) is 80.9 Å². The van der Waals surface area contributed by atoms with Crippen molar-refractivity contribution in [2.45, 2.75) is 32.7 Å². The van der Waals surface area contributed by atoms with Crippen LogP contribution in [0.15, 0.2) is 36.5 Å². The molecule has 110 valence electrons. The van der Waals surface area contributed by atoms with Crippen LogP contribution in [0, 0.1) is 0 Å². The molecule has 21 heavy (non-hydrogen) atoms. The number of aromatic nitrogens is 2. The number of hydrogen-bond donors (Lipinski definition) is 2. The van der Waals surface area contributed by atoms with Gasteiger partial charge in [0.15, 0.2) is 5.69 Å². The van der Waals surface area contributed by atoms with E-state index >= 15 is 0 Å². The van der Waals surface area contributed by atoms with Crippen LogP contribution in [0.5, 0.6) is 0 Å². The van der Waals surface area contributed by atoms with E-state index in [0.29, 0.717) is 5.82 Å². The number of nitrogen functional groups attached to an aromatic ring is 1. The van der Waals surface area contributed by atoms with E-state index in [2.05, 4.69) is 15.3 Å². The van der Waals surface area contributed by atoms with Gasteiger partial charge in [0.2, 0.25) is 0 Å². The number of rotatable bonds is 4. The van der Waals surface area contributed by atoms with E-state index in [4.69, 9.17) is 5.73 Å². The van der Waals surface area contributed by atoms with Gasteiger partial charge in [0, 0.05) is 5.92 Å². The van der Waals surface area contributed by atoms with Gasteiger partial charge in [-0.3, -0.25) is 4.79 Å². The van der Waals surface area contributed by atoms with Crippen molar-refractivity contribution in [2.24, 2.45) is 0 Å². The Bertz CT molecular complexity index is 625. The molecule has 2 rings (SSSR count). The van der Waals surface area contributed by atoms with Crippen LogP contribution in [-0.2, 0) is 0 Å². The van der Waals surface area contributed by atoms with Gasteiger partial charge < -0.3 is 11.1 Å². The number of nitrogens with two attached hydrogens (primary N) is 1. The minimum Gasteiger partial charge on any atom is -0.396 e. The summed E-state index contributed by atoms with van der Waals surface area (Å²) in [5.74, 6) is 0.471. The molecule has 1 amide bonds. The lowest BCUT2D eigenvalue weighted by atomic mass is 10.1. The molecule has 0 fully saturated rings. The molecule has 0 saturated carbocycles. The smallest absolute Gasteiger partial charge is 0.272 e. The molecular formula is C16H20N4O. The molecule has 5 heteroatoms. The number of anilines is 1. The predicted molar refractivity (Wildman–Crippen MR) is 82.9 cm³/mol. The highest BCUT2D eigenvalue weighted by Crippen LogP contribution is 2.16. The van der Waals surface area contributed by atoms with Gasteiger partial charge in [-0.25, -0.2) is 9.97 Å². The molecule has 0 bridgehead atoms. The van der Waals surface area contributed by atoms with Gasteiger partial charge in [0.25, 0.3) is 5.91 Å². The third-order valence-corrected chi connectivity index (χ3v) is 3.21. The highest BCUT2D eigenvalue weighted by atomic mass is 16.2. The van der Waals surface area contributed by atoms with Crippen LogP contribution in [0.2, 0.25) is 0 Å². The lowest BCUT2D eigenvalue weighted by Crippen LogP contribution is -2.28. The van der Waals surface area contributed by atoms with Crippen molar-refractivity contribution in [2.75, 3.05) is 5.73 Å². The molecule has 0 spiro atoms. The second-order valence-corrected chi connectivity index (χ2v) is 5.29. The van der Waals surface area contributed by atoms with Crippen LogP contribution in [-0.4, -0.2) is 15.9 Å². The fourth-order valence-electron chi connectivity index (χ4n) is 1.95. The lowest BCUT2D eigenvalue weighted by molar-refractivity contribution is 0.0935. The van der Waals surface area contributed by atoms with Crippen LogP contribution >= 0.6 is 0 Å². The summed E-state index contributed by atoms with van der Waals surface area (Å²) in [5.41, 5.74) is 7.37. The zero-order valence-electron chi connectivity index (χ0n) is 12.5. The zero-order valence-corrected chi connectivity index (χ0v) is 12.5. The fourth-order valence-corrected chi connectivity index (χ4v) is 1.95. The van der Waals surface area contributed by atoms with Crippen molar-refractivity contribution in [1.82, 2.24) is 15.3 Å². The number of hydrogen-bond acceptors (Lipinski definition) is 4. The SMILES string of the molecule is CC(C)c1ncc(N)c(C(=O)NC(C)c2ccccc2)n1. The minimum atomic E-state index is -0.284. The van der Waals surface area contributed by atoms with Crippen molar-refractivity contribution in [3.63, 3.8) is 0 Å². The third kappa shape index (κ3) is 3.56. The van der Waals surface area contributed by atoms with Crippen molar-refractivity contribution in [3.8, 4) is 0 Å². The molecule has 5 nitrogen and oxygen atoms in total. The molecule has 3 N–H and O–H groups in total. The quantitative estimate of drug-likeness (QED) is 0.904. The van der Waals surface area contributed by atoms with Crippen LogP contribution in [0.4, 0.5) is 5.69 Å². The Morgan fingerprint density at radius 3 is 2.48 bits per heavy atom. The number of amides is 1. The molecular weight excluding hydrogens is 264 g/mol. The number of carbonyl (C=O) groups is 1. The largest absolute Gasteiger partial charge is 0.396 e. The normalized spacial score (nSPS) is 12.2. The van der Waals surface area contributed by atoms with Gasteiger partial charge in [-0.1, -0.05) is 44.2 Å². The van der Waals surface area contributed by atoms with E-state index < -0.39 is 0 Å². The highest BCUT2D eigenvalue weighted by molar-refractivity contribution is 5.97. The average Bonchev–Trinajstić information content (AvgIpc) is 2.48. The van der Waals surface area contributed by atoms with E-state index in [1.165, 1.54) is 6.20 Å². The van der Waals surface area contributed by atoms with Crippen molar-refractivity contribution in [3.05, 3.63) is 53.6 Å². The predicted octanol–water partition coefficient (Wildman–Crippen LogP) is 2.67. The number of carbonyl (C=O) groups excluding carboxylic acids is 1. The Hall–Kier alpha value is -2.43. The second kappa shape index (κ2) is 6.35. The van der Waals surface area contributed by atoms with Gasteiger partial charge in [-0.15, -0.1) is 0 Å². The van der Waals surface area contributed by atoms with E-state index in [9.17, 15) is 4.79 Å². The lowest BCUT2D eigenvalue weighted by Gasteiger charge is -2.15. The highest BCUT2D eigenvalue weighted by Gasteiger charge is 2.17. The standard InChI is InChI=1S/C16H20N4O/c1-10(2)15-18-9-13(17)14(20-15)16(21)19-11(3)12-7-5-4-6-8-12/h4-11H,17H2,1-3H3,(H,19,21). The number of benzene rings is 1. The summed E-state index contributed by atoms with van der Waals surface area (Å²) in [7, 11) is 0. The first-order chi connectivity index (χ1) is 9.99. The number of nitrogens with one attached hydrogen (secondary N) is 1. The third-order valence-electron chi connectivity index (χ3n) is 3.21. The molecule has 1 unspecified atom stereocenters. The van der Waals surface area contributed by atoms with Crippen LogP contribution in [0.1, 0.15) is 54.6 Å². The second-order valence-electron chi connectivity index (χ2n) is 5.29. The summed E-state index contributed by atoms with van der Waals surface area (Å²) >= 11 is 0. The van der Waals surface area contributed by atoms with Gasteiger partial charge >= 0.3 is 0 Å². The van der Waals surface area contributed by atoms with E-state index in [0.717, 1.165) is 5.56 Å². The first-order valence-corrected chi connectivity index (χ1v) is 6.97. The zero-order chi connectivity index (χ0) is 15.4. The molecule has 0 radical (unpaired) electrons. The van der Waals surface area contributed by atoms with E-state index in [1.807, 2.05) is 51.1 Å². The molecule has 2 aromatic rings. The molecule has 1 aromatic carbocycles. The van der Waals surface area contributed by atoms with Crippen molar-refractivity contribution >= 4 is 11.6 Å². The molecule has 0 aliphatic heterocycles. The maximum atomic E-state index is 12.3. The van der Waals surface area contributed by atoms with Gasteiger partial charge in [0.1, 0.15) is 5.82 Å².